The Balaban J connectivity index is 0.000000252. The van der Waals surface area contributed by atoms with Gasteiger partial charge in [-0.25, -0.2) is 13.4 Å². The van der Waals surface area contributed by atoms with Crippen molar-refractivity contribution < 1.29 is 17.9 Å². The van der Waals surface area contributed by atoms with Gasteiger partial charge in [0.05, 0.1) is 22.9 Å². The standard InChI is InChI=1S/C6H10N2.CH4O3S/c1-3-8-5-4-7-6(8)2;1-5(2,3)4/h4-5H,3H2,1-2H3;1H3,(H,2,3,4). The molecule has 0 saturated heterocycles. The molecule has 0 fully saturated rings. The molecule has 0 radical (unpaired) electrons. The van der Waals surface area contributed by atoms with Crippen LogP contribution in [-0.2, 0) is 10.1 Å². The highest BCUT2D eigenvalue weighted by molar-refractivity contribution is 7.84. The Morgan fingerprint density at radius 3 is 2.23 bits per heavy atom. The monoisotopic (exact) mass is 206 g/mol. The van der Waals surface area contributed by atoms with Gasteiger partial charge in [0.1, 0.15) is 6.20 Å². The molecule has 0 aromatic carbocycles. The Labute approximate surface area is 78.5 Å². The van der Waals surface area contributed by atoms with Crippen molar-refractivity contribution in [3.05, 3.63) is 12.4 Å². The number of amidine groups is 1. The van der Waals surface area contributed by atoms with Crippen molar-refractivity contribution >= 4 is 16.0 Å². The molecule has 0 aromatic rings. The largest absolute Gasteiger partial charge is 0.748 e. The highest BCUT2D eigenvalue weighted by Gasteiger charge is 2.08. The smallest absolute Gasteiger partial charge is 0.202 e. The maximum Gasteiger partial charge on any atom is 0.202 e. The van der Waals surface area contributed by atoms with E-state index in [0.717, 1.165) is 6.54 Å². The first-order valence-electron chi connectivity index (χ1n) is 3.82. The van der Waals surface area contributed by atoms with E-state index in [0.29, 0.717) is 6.26 Å². The number of hydrogen-bond donors (Lipinski definition) is 1. The van der Waals surface area contributed by atoms with Crippen molar-refractivity contribution in [1.29, 1.82) is 0 Å². The van der Waals surface area contributed by atoms with Crippen LogP contribution in [0.15, 0.2) is 17.4 Å². The van der Waals surface area contributed by atoms with Gasteiger partial charge in [-0.05, 0) is 6.92 Å². The molecule has 0 aromatic heterocycles. The van der Waals surface area contributed by atoms with Crippen molar-refractivity contribution in [2.75, 3.05) is 12.8 Å². The minimum absolute atomic E-state index is 0.604. The molecular formula is C7H14N2O3S. The van der Waals surface area contributed by atoms with Crippen LogP contribution in [0.25, 0.3) is 0 Å². The average molecular weight is 206 g/mol. The van der Waals surface area contributed by atoms with Crippen LogP contribution in [0.1, 0.15) is 13.8 Å². The minimum Gasteiger partial charge on any atom is -0.748 e. The molecule has 13 heavy (non-hydrogen) atoms. The molecule has 0 aliphatic carbocycles. The molecule has 0 bridgehead atoms. The van der Waals surface area contributed by atoms with E-state index in [1.807, 2.05) is 13.1 Å². The molecule has 0 spiro atoms. The Bertz CT molecular complexity index is 298. The molecule has 5 nitrogen and oxygen atoms in total. The molecule has 6 heteroatoms. The lowest BCUT2D eigenvalue weighted by molar-refractivity contribution is -0.742. The summed E-state index contributed by atoms with van der Waals surface area (Å²) in [5.41, 5.74) is 0. The lowest BCUT2D eigenvalue weighted by atomic mass is 10.5. The van der Waals surface area contributed by atoms with Crippen LogP contribution in [-0.4, -0.2) is 31.6 Å². The highest BCUT2D eigenvalue weighted by Crippen LogP contribution is 1.77. The molecule has 0 amide bonds. The number of quaternary nitrogens is 1. The molecule has 1 N–H and O–H groups in total. The summed E-state index contributed by atoms with van der Waals surface area (Å²) in [4.78, 5) is 5.45. The predicted octanol–water partition coefficient (Wildman–Crippen LogP) is -1.04. The fraction of sp³-hybridized carbons (Fsp3) is 0.571. The van der Waals surface area contributed by atoms with E-state index in [-0.39, 0.29) is 0 Å². The Morgan fingerprint density at radius 1 is 1.62 bits per heavy atom. The third kappa shape index (κ3) is 7.63. The van der Waals surface area contributed by atoms with Crippen LogP contribution < -0.4 is 4.90 Å². The van der Waals surface area contributed by atoms with E-state index in [2.05, 4.69) is 18.1 Å². The van der Waals surface area contributed by atoms with Gasteiger partial charge in [-0.1, -0.05) is 0 Å². The number of rotatable bonds is 1. The van der Waals surface area contributed by atoms with Gasteiger partial charge in [-0.3, -0.25) is 4.90 Å². The van der Waals surface area contributed by atoms with Crippen molar-refractivity contribution in [3.8, 4) is 0 Å². The molecule has 1 aliphatic rings. The van der Waals surface area contributed by atoms with E-state index in [9.17, 15) is 0 Å². The summed E-state index contributed by atoms with van der Waals surface area (Å²) >= 11 is 0. The SMILES string of the molecule is CC[NH+]1C=CN=C1C.CS(=O)(=O)[O-]. The number of hydrogen-bond acceptors (Lipinski definition) is 4. The Hall–Kier alpha value is -0.720. The van der Waals surface area contributed by atoms with Crippen LogP contribution in [0.5, 0.6) is 0 Å². The van der Waals surface area contributed by atoms with E-state index >= 15 is 0 Å². The summed E-state index contributed by atoms with van der Waals surface area (Å²) in [6.07, 6.45) is 4.52. The zero-order valence-corrected chi connectivity index (χ0v) is 8.76. The third-order valence-electron chi connectivity index (χ3n) is 1.39. The first-order valence-corrected chi connectivity index (χ1v) is 5.64. The lowest BCUT2D eigenvalue weighted by Gasteiger charge is -2.03. The van der Waals surface area contributed by atoms with Crippen molar-refractivity contribution in [2.24, 2.45) is 4.99 Å². The van der Waals surface area contributed by atoms with Gasteiger partial charge < -0.3 is 4.55 Å². The molecule has 1 atom stereocenters. The van der Waals surface area contributed by atoms with Crippen LogP contribution in [0.3, 0.4) is 0 Å². The van der Waals surface area contributed by atoms with Gasteiger partial charge in [-0.2, -0.15) is 0 Å². The lowest BCUT2D eigenvalue weighted by Crippen LogP contribution is -3.08. The summed E-state index contributed by atoms with van der Waals surface area (Å²) < 4.78 is 27.2. The Morgan fingerprint density at radius 2 is 2.08 bits per heavy atom. The van der Waals surface area contributed by atoms with E-state index < -0.39 is 10.1 Å². The maximum absolute atomic E-state index is 9.08. The highest BCUT2D eigenvalue weighted by atomic mass is 32.2. The maximum atomic E-state index is 9.08. The number of aliphatic imine (C=N–C) groups is 1. The number of nitrogens with one attached hydrogen (secondary N) is 1. The first kappa shape index (κ1) is 12.3. The van der Waals surface area contributed by atoms with Gasteiger partial charge in [0, 0.05) is 13.2 Å². The summed E-state index contributed by atoms with van der Waals surface area (Å²) in [7, 11) is -3.92. The predicted molar refractivity (Wildman–Crippen MR) is 49.4 cm³/mol. The first-order chi connectivity index (χ1) is 5.84. The number of nitrogens with zero attached hydrogens (tertiary/aromatic N) is 1. The van der Waals surface area contributed by atoms with Crippen molar-refractivity contribution in [2.45, 2.75) is 13.8 Å². The summed E-state index contributed by atoms with van der Waals surface area (Å²) in [6.45, 7) is 5.29. The Kier molecular flexibility index (Phi) is 4.82. The fourth-order valence-electron chi connectivity index (χ4n) is 0.816. The molecule has 76 valence electrons. The van der Waals surface area contributed by atoms with Gasteiger partial charge in [0.2, 0.25) is 5.84 Å². The van der Waals surface area contributed by atoms with Crippen molar-refractivity contribution in [1.82, 2.24) is 0 Å². The molecule has 1 heterocycles. The van der Waals surface area contributed by atoms with Crippen LogP contribution in [0.4, 0.5) is 0 Å². The van der Waals surface area contributed by atoms with Crippen molar-refractivity contribution in [3.63, 3.8) is 0 Å². The zero-order valence-electron chi connectivity index (χ0n) is 7.94. The van der Waals surface area contributed by atoms with Crippen LogP contribution in [0.2, 0.25) is 0 Å². The normalized spacial score (nSPS) is 20.6. The van der Waals surface area contributed by atoms with E-state index in [1.54, 1.807) is 0 Å². The average Bonchev–Trinajstić information content (AvgIpc) is 2.31. The van der Waals surface area contributed by atoms with Crippen LogP contribution >= 0.6 is 0 Å². The second kappa shape index (κ2) is 5.11. The molecule has 1 rings (SSSR count). The van der Waals surface area contributed by atoms with Crippen LogP contribution in [0, 0.1) is 0 Å². The molecule has 1 aliphatic heterocycles. The third-order valence-corrected chi connectivity index (χ3v) is 1.39. The zero-order chi connectivity index (χ0) is 10.5. The quantitative estimate of drug-likeness (QED) is 0.557. The molecule has 0 saturated carbocycles. The summed E-state index contributed by atoms with van der Waals surface area (Å²) in [6, 6.07) is 0. The molecular weight excluding hydrogens is 192 g/mol. The summed E-state index contributed by atoms with van der Waals surface area (Å²) in [5.74, 6) is 1.17. The van der Waals surface area contributed by atoms with E-state index in [4.69, 9.17) is 13.0 Å². The second-order valence-corrected chi connectivity index (χ2v) is 4.02. The second-order valence-electron chi connectivity index (χ2n) is 2.61. The molecule has 1 unspecified atom stereocenters. The minimum atomic E-state index is -3.92. The van der Waals surface area contributed by atoms with Gasteiger partial charge in [0.25, 0.3) is 0 Å². The summed E-state index contributed by atoms with van der Waals surface area (Å²) in [5, 5.41) is 0. The van der Waals surface area contributed by atoms with Gasteiger partial charge >= 0.3 is 0 Å². The van der Waals surface area contributed by atoms with E-state index in [1.165, 1.54) is 10.7 Å². The fourth-order valence-corrected chi connectivity index (χ4v) is 0.816. The van der Waals surface area contributed by atoms with Gasteiger partial charge in [0.15, 0.2) is 0 Å². The topological polar surface area (TPSA) is 74.0 Å². The van der Waals surface area contributed by atoms with Gasteiger partial charge in [-0.15, -0.1) is 0 Å².